The predicted molar refractivity (Wildman–Crippen MR) is 82.5 cm³/mol. The molecule has 1 aliphatic heterocycles. The molecule has 0 atom stereocenters. The fourth-order valence-electron chi connectivity index (χ4n) is 2.11. The molecule has 0 fully saturated rings. The maximum atomic E-state index is 5.72. The highest BCUT2D eigenvalue weighted by Gasteiger charge is 2.13. The van der Waals surface area contributed by atoms with E-state index >= 15 is 0 Å². The maximum absolute atomic E-state index is 5.72. The van der Waals surface area contributed by atoms with Crippen molar-refractivity contribution < 1.29 is 9.47 Å². The van der Waals surface area contributed by atoms with Gasteiger partial charge in [-0.2, -0.15) is 0 Å². The van der Waals surface area contributed by atoms with E-state index in [-0.39, 0.29) is 0 Å². The van der Waals surface area contributed by atoms with E-state index in [1.165, 1.54) is 0 Å². The van der Waals surface area contributed by atoms with E-state index in [1.54, 1.807) is 18.1 Å². The molecule has 0 amide bonds. The summed E-state index contributed by atoms with van der Waals surface area (Å²) in [6.45, 7) is 3.41. The number of hydrogen-bond donors (Lipinski definition) is 1. The molecular weight excluding hydrogens is 286 g/mol. The number of nitrogens with zero attached hydrogens (tertiary/aromatic N) is 2. The zero-order valence-corrected chi connectivity index (χ0v) is 12.9. The third-order valence-electron chi connectivity index (χ3n) is 3.21. The zero-order valence-electron chi connectivity index (χ0n) is 12.0. The van der Waals surface area contributed by atoms with Crippen LogP contribution in [0.25, 0.3) is 0 Å². The van der Waals surface area contributed by atoms with Crippen LogP contribution in [0.15, 0.2) is 34.4 Å². The Balaban J connectivity index is 1.87. The number of ether oxygens (including phenoxy) is 2. The fourth-order valence-corrected chi connectivity index (χ4v) is 2.98. The fraction of sp³-hybridized carbons (Fsp3) is 0.333. The molecule has 2 aromatic rings. The second kappa shape index (κ2) is 6.22. The molecule has 6 heteroatoms. The zero-order chi connectivity index (χ0) is 14.7. The van der Waals surface area contributed by atoms with E-state index in [1.807, 2.05) is 32.2 Å². The number of nitrogens with one attached hydrogen (secondary N) is 1. The van der Waals surface area contributed by atoms with Gasteiger partial charge in [0.05, 0.1) is 13.2 Å². The molecule has 1 aliphatic rings. The van der Waals surface area contributed by atoms with Gasteiger partial charge in [-0.1, -0.05) is 11.8 Å². The first-order valence-corrected chi connectivity index (χ1v) is 7.66. The van der Waals surface area contributed by atoms with Crippen molar-refractivity contribution in [3.8, 4) is 11.5 Å². The van der Waals surface area contributed by atoms with E-state index in [0.717, 1.165) is 39.2 Å². The molecule has 1 aromatic heterocycles. The first-order chi connectivity index (χ1) is 10.3. The summed E-state index contributed by atoms with van der Waals surface area (Å²) in [4.78, 5) is 9.63. The third-order valence-corrected chi connectivity index (χ3v) is 4.30. The molecule has 21 heavy (non-hydrogen) atoms. The second-order valence-corrected chi connectivity index (χ2v) is 5.73. The van der Waals surface area contributed by atoms with Gasteiger partial charge in [0.15, 0.2) is 11.5 Å². The van der Waals surface area contributed by atoms with Crippen LogP contribution in [-0.2, 0) is 0 Å². The van der Waals surface area contributed by atoms with Crippen LogP contribution in [-0.4, -0.2) is 30.2 Å². The molecule has 0 radical (unpaired) electrons. The Morgan fingerprint density at radius 3 is 2.76 bits per heavy atom. The number of anilines is 1. The van der Waals surface area contributed by atoms with Crippen molar-refractivity contribution in [1.29, 1.82) is 0 Å². The topological polar surface area (TPSA) is 56.3 Å². The Hall–Kier alpha value is -1.95. The quantitative estimate of drug-likeness (QED) is 0.879. The van der Waals surface area contributed by atoms with Crippen molar-refractivity contribution in [2.45, 2.75) is 23.3 Å². The Morgan fingerprint density at radius 1 is 1.14 bits per heavy atom. The molecule has 0 saturated carbocycles. The first kappa shape index (κ1) is 14.0. The summed E-state index contributed by atoms with van der Waals surface area (Å²) in [7, 11) is 1.86. The van der Waals surface area contributed by atoms with Gasteiger partial charge in [0.1, 0.15) is 17.2 Å². The van der Waals surface area contributed by atoms with E-state index in [0.29, 0.717) is 13.2 Å². The maximum Gasteiger partial charge on any atom is 0.162 e. The van der Waals surface area contributed by atoms with Gasteiger partial charge in [0.25, 0.3) is 0 Å². The average Bonchev–Trinajstić information content (AvgIpc) is 2.74. The van der Waals surface area contributed by atoms with Crippen molar-refractivity contribution in [3.63, 3.8) is 0 Å². The van der Waals surface area contributed by atoms with Gasteiger partial charge < -0.3 is 14.8 Å². The summed E-state index contributed by atoms with van der Waals surface area (Å²) in [5.74, 6) is 2.46. The number of rotatable bonds is 3. The van der Waals surface area contributed by atoms with Crippen molar-refractivity contribution in [1.82, 2.24) is 9.97 Å². The lowest BCUT2D eigenvalue weighted by molar-refractivity contribution is 0.297. The molecule has 3 rings (SSSR count). The molecule has 0 saturated heterocycles. The highest BCUT2D eigenvalue weighted by molar-refractivity contribution is 7.99. The molecule has 1 N–H and O–H groups in total. The summed E-state index contributed by atoms with van der Waals surface area (Å²) in [5, 5.41) is 4.00. The summed E-state index contributed by atoms with van der Waals surface area (Å²) in [6.07, 6.45) is 2.48. The van der Waals surface area contributed by atoms with Gasteiger partial charge in [-0.3, -0.25) is 0 Å². The van der Waals surface area contributed by atoms with Gasteiger partial charge in [-0.15, -0.1) is 0 Å². The van der Waals surface area contributed by atoms with Crippen molar-refractivity contribution >= 4 is 17.6 Å². The lowest BCUT2D eigenvalue weighted by Gasteiger charge is -2.11. The van der Waals surface area contributed by atoms with E-state index in [9.17, 15) is 0 Å². The van der Waals surface area contributed by atoms with E-state index < -0.39 is 0 Å². The summed E-state index contributed by atoms with van der Waals surface area (Å²) < 4.78 is 11.4. The smallest absolute Gasteiger partial charge is 0.162 e. The molecule has 0 aliphatic carbocycles. The molecule has 0 bridgehead atoms. The van der Waals surface area contributed by atoms with E-state index in [4.69, 9.17) is 9.47 Å². The van der Waals surface area contributed by atoms with Gasteiger partial charge in [-0.25, -0.2) is 9.97 Å². The standard InChI is InChI=1S/C15H17N3O2S/c1-10-14(16-2)17-9-18-15(10)21-11-4-5-12-13(8-11)20-7-3-6-19-12/h4-5,8-9H,3,6-7H2,1-2H3,(H,16,17,18). The molecule has 0 unspecified atom stereocenters. The summed E-state index contributed by atoms with van der Waals surface area (Å²) >= 11 is 1.60. The average molecular weight is 303 g/mol. The van der Waals surface area contributed by atoms with Crippen LogP contribution in [0, 0.1) is 6.92 Å². The largest absolute Gasteiger partial charge is 0.490 e. The molecule has 2 heterocycles. The van der Waals surface area contributed by atoms with Crippen molar-refractivity contribution in [2.75, 3.05) is 25.6 Å². The van der Waals surface area contributed by atoms with Crippen LogP contribution in [0.3, 0.4) is 0 Å². The third kappa shape index (κ3) is 3.05. The lowest BCUT2D eigenvalue weighted by Crippen LogP contribution is -1.98. The number of fused-ring (bicyclic) bond motifs is 1. The van der Waals surface area contributed by atoms with E-state index in [2.05, 4.69) is 15.3 Å². The van der Waals surface area contributed by atoms with Crippen LogP contribution in [0.5, 0.6) is 11.5 Å². The minimum atomic E-state index is 0.692. The SMILES string of the molecule is CNc1ncnc(Sc2ccc3c(c2)OCCCO3)c1C. The number of benzene rings is 1. The molecule has 1 aromatic carbocycles. The van der Waals surface area contributed by atoms with Crippen LogP contribution in [0.4, 0.5) is 5.82 Å². The monoisotopic (exact) mass is 303 g/mol. The molecule has 0 spiro atoms. The van der Waals surface area contributed by atoms with Crippen LogP contribution < -0.4 is 14.8 Å². The summed E-state index contributed by atoms with van der Waals surface area (Å²) in [5.41, 5.74) is 1.04. The van der Waals surface area contributed by atoms with Crippen LogP contribution in [0.2, 0.25) is 0 Å². The highest BCUT2D eigenvalue weighted by atomic mass is 32.2. The first-order valence-electron chi connectivity index (χ1n) is 6.85. The Bertz CT molecular complexity index is 649. The minimum absolute atomic E-state index is 0.692. The Morgan fingerprint density at radius 2 is 1.95 bits per heavy atom. The Kier molecular flexibility index (Phi) is 4.15. The number of aromatic nitrogens is 2. The Labute approximate surface area is 128 Å². The minimum Gasteiger partial charge on any atom is -0.490 e. The lowest BCUT2D eigenvalue weighted by atomic mass is 10.3. The van der Waals surface area contributed by atoms with Crippen LogP contribution in [0.1, 0.15) is 12.0 Å². The van der Waals surface area contributed by atoms with Gasteiger partial charge >= 0.3 is 0 Å². The predicted octanol–water partition coefficient (Wildman–Crippen LogP) is 3.14. The second-order valence-electron chi connectivity index (χ2n) is 4.66. The molecule has 5 nitrogen and oxygen atoms in total. The van der Waals surface area contributed by atoms with Crippen molar-refractivity contribution in [3.05, 3.63) is 30.1 Å². The highest BCUT2D eigenvalue weighted by Crippen LogP contribution is 2.37. The number of hydrogen-bond acceptors (Lipinski definition) is 6. The normalized spacial score (nSPS) is 13.6. The molecular formula is C15H17N3O2S. The van der Waals surface area contributed by atoms with Gasteiger partial charge in [0, 0.05) is 23.9 Å². The van der Waals surface area contributed by atoms with Crippen molar-refractivity contribution in [2.24, 2.45) is 0 Å². The van der Waals surface area contributed by atoms with Gasteiger partial charge in [-0.05, 0) is 25.1 Å². The molecule has 110 valence electrons. The van der Waals surface area contributed by atoms with Crippen LogP contribution >= 0.6 is 11.8 Å². The summed E-state index contributed by atoms with van der Waals surface area (Å²) in [6, 6.07) is 5.99. The van der Waals surface area contributed by atoms with Gasteiger partial charge in [0.2, 0.25) is 0 Å².